The predicted octanol–water partition coefficient (Wildman–Crippen LogP) is 2.18. The normalized spacial score (nSPS) is 10.1. The first kappa shape index (κ1) is 9.54. The molecular formula is C8H5BrN4S. The molecule has 0 amide bonds. The smallest absolute Gasteiger partial charge is 0.124 e. The van der Waals surface area contributed by atoms with Gasteiger partial charge in [0.1, 0.15) is 21.0 Å². The van der Waals surface area contributed by atoms with Crippen LogP contribution in [0.2, 0.25) is 0 Å². The van der Waals surface area contributed by atoms with Gasteiger partial charge in [-0.2, -0.15) is 0 Å². The van der Waals surface area contributed by atoms with Crippen LogP contribution in [0.1, 0.15) is 0 Å². The lowest BCUT2D eigenvalue weighted by molar-refractivity contribution is 1.01. The van der Waals surface area contributed by atoms with E-state index in [1.807, 2.05) is 6.07 Å². The van der Waals surface area contributed by atoms with Crippen LogP contribution in [0.4, 0.5) is 0 Å². The van der Waals surface area contributed by atoms with Gasteiger partial charge in [-0.25, -0.2) is 19.9 Å². The summed E-state index contributed by atoms with van der Waals surface area (Å²) in [5, 5.41) is 1.67. The maximum atomic E-state index is 4.17. The topological polar surface area (TPSA) is 51.6 Å². The van der Waals surface area contributed by atoms with Crippen LogP contribution >= 0.6 is 27.7 Å². The highest BCUT2D eigenvalue weighted by atomic mass is 79.9. The van der Waals surface area contributed by atoms with Gasteiger partial charge >= 0.3 is 0 Å². The highest BCUT2D eigenvalue weighted by molar-refractivity contribution is 9.10. The second kappa shape index (κ2) is 4.47. The molecule has 2 heterocycles. The van der Waals surface area contributed by atoms with Gasteiger partial charge in [-0.3, -0.25) is 0 Å². The van der Waals surface area contributed by atoms with Gasteiger partial charge in [0, 0.05) is 6.20 Å². The Morgan fingerprint density at radius 2 is 2.00 bits per heavy atom. The molecule has 0 N–H and O–H groups in total. The van der Waals surface area contributed by atoms with E-state index in [-0.39, 0.29) is 0 Å². The number of hydrogen-bond donors (Lipinski definition) is 0. The second-order valence-corrected chi connectivity index (χ2v) is 4.18. The van der Waals surface area contributed by atoms with E-state index in [1.54, 1.807) is 18.6 Å². The van der Waals surface area contributed by atoms with Gasteiger partial charge in [-0.15, -0.1) is 0 Å². The Morgan fingerprint density at radius 1 is 1.07 bits per heavy atom. The molecular weight excluding hydrogens is 264 g/mol. The first-order chi connectivity index (χ1) is 6.84. The lowest BCUT2D eigenvalue weighted by atomic mass is 10.7. The number of halogens is 1. The monoisotopic (exact) mass is 268 g/mol. The molecule has 0 saturated heterocycles. The molecule has 0 fully saturated rings. The zero-order valence-corrected chi connectivity index (χ0v) is 9.36. The molecule has 0 spiro atoms. The van der Waals surface area contributed by atoms with Crippen molar-refractivity contribution in [3.8, 4) is 0 Å². The van der Waals surface area contributed by atoms with Crippen LogP contribution in [0.5, 0.6) is 0 Å². The Balaban J connectivity index is 2.16. The van der Waals surface area contributed by atoms with E-state index in [0.717, 1.165) is 14.7 Å². The number of aromatic nitrogens is 4. The van der Waals surface area contributed by atoms with Crippen molar-refractivity contribution in [1.82, 2.24) is 19.9 Å². The summed E-state index contributed by atoms with van der Waals surface area (Å²) in [6, 6.07) is 1.83. The van der Waals surface area contributed by atoms with Gasteiger partial charge in [-0.1, -0.05) is 0 Å². The van der Waals surface area contributed by atoms with Gasteiger partial charge in [0.2, 0.25) is 0 Å². The summed E-state index contributed by atoms with van der Waals surface area (Å²) in [4.78, 5) is 16.1. The zero-order valence-electron chi connectivity index (χ0n) is 6.96. The average molecular weight is 269 g/mol. The third-order valence-corrected chi connectivity index (χ3v) is 2.64. The van der Waals surface area contributed by atoms with Crippen molar-refractivity contribution in [3.63, 3.8) is 0 Å². The Labute approximate surface area is 93.4 Å². The Kier molecular flexibility index (Phi) is 3.05. The summed E-state index contributed by atoms with van der Waals surface area (Å²) in [5.41, 5.74) is 0. The minimum absolute atomic E-state index is 0.726. The van der Waals surface area contributed by atoms with Gasteiger partial charge < -0.3 is 0 Å². The largest absolute Gasteiger partial charge is 0.245 e. The maximum Gasteiger partial charge on any atom is 0.124 e. The third kappa shape index (κ3) is 2.49. The molecule has 0 radical (unpaired) electrons. The quantitative estimate of drug-likeness (QED) is 0.782. The van der Waals surface area contributed by atoms with E-state index in [4.69, 9.17) is 0 Å². The molecule has 0 bridgehead atoms. The molecule has 70 valence electrons. The van der Waals surface area contributed by atoms with Crippen molar-refractivity contribution in [2.24, 2.45) is 0 Å². The van der Waals surface area contributed by atoms with E-state index in [2.05, 4.69) is 35.9 Å². The average Bonchev–Trinajstić information content (AvgIpc) is 2.23. The van der Waals surface area contributed by atoms with E-state index < -0.39 is 0 Å². The first-order valence-electron chi connectivity index (χ1n) is 3.76. The van der Waals surface area contributed by atoms with E-state index in [1.165, 1.54) is 18.1 Å². The van der Waals surface area contributed by atoms with Crippen LogP contribution in [0.25, 0.3) is 0 Å². The summed E-state index contributed by atoms with van der Waals surface area (Å²) < 4.78 is 0.726. The summed E-state index contributed by atoms with van der Waals surface area (Å²) in [6.07, 6.45) is 6.55. The highest BCUT2D eigenvalue weighted by Gasteiger charge is 1.99. The van der Waals surface area contributed by atoms with Crippen molar-refractivity contribution >= 4 is 27.7 Å². The summed E-state index contributed by atoms with van der Waals surface area (Å²) in [6.45, 7) is 0. The molecule has 2 rings (SSSR count). The van der Waals surface area contributed by atoms with Crippen molar-refractivity contribution in [3.05, 3.63) is 35.6 Å². The second-order valence-electron chi connectivity index (χ2n) is 2.33. The molecule has 0 atom stereocenters. The van der Waals surface area contributed by atoms with Crippen molar-refractivity contribution in [2.45, 2.75) is 10.1 Å². The fourth-order valence-electron chi connectivity index (χ4n) is 0.799. The molecule has 0 aromatic carbocycles. The van der Waals surface area contributed by atoms with Crippen LogP contribution in [-0.2, 0) is 0 Å². The van der Waals surface area contributed by atoms with Gasteiger partial charge in [0.25, 0.3) is 0 Å². The molecule has 0 saturated carbocycles. The molecule has 4 nitrogen and oxygen atoms in total. The molecule has 0 unspecified atom stereocenters. The molecule has 14 heavy (non-hydrogen) atoms. The van der Waals surface area contributed by atoms with E-state index in [0.29, 0.717) is 0 Å². The SMILES string of the molecule is Brc1cnc(Sc2ccncn2)cn1. The number of nitrogens with zero attached hydrogens (tertiary/aromatic N) is 4. The van der Waals surface area contributed by atoms with Crippen molar-refractivity contribution < 1.29 is 0 Å². The third-order valence-electron chi connectivity index (χ3n) is 1.36. The maximum absolute atomic E-state index is 4.17. The zero-order chi connectivity index (χ0) is 9.80. The van der Waals surface area contributed by atoms with Gasteiger partial charge in [-0.05, 0) is 33.8 Å². The van der Waals surface area contributed by atoms with Crippen LogP contribution in [0.15, 0.2) is 45.6 Å². The highest BCUT2D eigenvalue weighted by Crippen LogP contribution is 2.22. The molecule has 0 aliphatic carbocycles. The molecule has 0 aliphatic heterocycles. The van der Waals surface area contributed by atoms with Crippen molar-refractivity contribution in [2.75, 3.05) is 0 Å². The van der Waals surface area contributed by atoms with Crippen molar-refractivity contribution in [1.29, 1.82) is 0 Å². The lowest BCUT2D eigenvalue weighted by Crippen LogP contribution is -1.85. The van der Waals surface area contributed by atoms with Crippen LogP contribution in [0, 0.1) is 0 Å². The molecule has 2 aromatic heterocycles. The van der Waals surface area contributed by atoms with Gasteiger partial charge in [0.15, 0.2) is 0 Å². The molecule has 6 heteroatoms. The standard InChI is InChI=1S/C8H5BrN4S/c9-6-3-12-8(4-11-6)14-7-1-2-10-5-13-7/h1-5H. The minimum Gasteiger partial charge on any atom is -0.245 e. The Morgan fingerprint density at radius 3 is 2.64 bits per heavy atom. The first-order valence-corrected chi connectivity index (χ1v) is 5.37. The number of hydrogen-bond acceptors (Lipinski definition) is 5. The van der Waals surface area contributed by atoms with E-state index in [9.17, 15) is 0 Å². The Bertz CT molecular complexity index is 405. The molecule has 0 aliphatic rings. The summed E-state index contributed by atoms with van der Waals surface area (Å²) in [7, 11) is 0. The number of rotatable bonds is 2. The molecule has 2 aromatic rings. The predicted molar refractivity (Wildman–Crippen MR) is 55.9 cm³/mol. The summed E-state index contributed by atoms with van der Waals surface area (Å²) in [5.74, 6) is 0. The fraction of sp³-hybridized carbons (Fsp3) is 0. The lowest BCUT2D eigenvalue weighted by Gasteiger charge is -1.97. The van der Waals surface area contributed by atoms with E-state index >= 15 is 0 Å². The Hall–Kier alpha value is -1.01. The van der Waals surface area contributed by atoms with Crippen LogP contribution in [-0.4, -0.2) is 19.9 Å². The fourth-order valence-corrected chi connectivity index (χ4v) is 1.66. The minimum atomic E-state index is 0.726. The summed E-state index contributed by atoms with van der Waals surface area (Å²) >= 11 is 4.67. The van der Waals surface area contributed by atoms with Crippen LogP contribution in [0.3, 0.4) is 0 Å². The van der Waals surface area contributed by atoms with Gasteiger partial charge in [0.05, 0.1) is 12.4 Å². The van der Waals surface area contributed by atoms with Crippen LogP contribution < -0.4 is 0 Å².